The molecule has 0 radical (unpaired) electrons. The normalized spacial score (nSPS) is 11.4. The lowest BCUT2D eigenvalue weighted by atomic mass is 10.1. The van der Waals surface area contributed by atoms with Gasteiger partial charge in [-0.2, -0.15) is 0 Å². The molecule has 0 saturated heterocycles. The van der Waals surface area contributed by atoms with Gasteiger partial charge in [0.05, 0.1) is 18.2 Å². The second-order valence-electron chi connectivity index (χ2n) is 7.88. The molecule has 166 valence electrons. The number of carbonyl (C=O) groups is 1. The molecule has 3 aromatic heterocycles. The van der Waals surface area contributed by atoms with Crippen LogP contribution in [0.15, 0.2) is 57.0 Å². The van der Waals surface area contributed by atoms with Crippen LogP contribution in [-0.2, 0) is 12.3 Å². The van der Waals surface area contributed by atoms with E-state index in [2.05, 4.69) is 5.32 Å². The van der Waals surface area contributed by atoms with Crippen molar-refractivity contribution < 1.29 is 9.21 Å². The summed E-state index contributed by atoms with van der Waals surface area (Å²) < 4.78 is 7.03. The highest BCUT2D eigenvalue weighted by atomic mass is 32.2. The fourth-order valence-corrected chi connectivity index (χ4v) is 5.62. The van der Waals surface area contributed by atoms with Crippen LogP contribution in [0.2, 0.25) is 0 Å². The van der Waals surface area contributed by atoms with Crippen molar-refractivity contribution >= 4 is 39.2 Å². The van der Waals surface area contributed by atoms with E-state index in [-0.39, 0.29) is 17.5 Å². The molecule has 32 heavy (non-hydrogen) atoms. The van der Waals surface area contributed by atoms with Gasteiger partial charge in [0.1, 0.15) is 10.6 Å². The first-order valence-corrected chi connectivity index (χ1v) is 12.2. The number of furan rings is 1. The minimum atomic E-state index is -0.156. The molecule has 0 bridgehead atoms. The second kappa shape index (κ2) is 9.34. The Bertz CT molecular complexity index is 1320. The van der Waals surface area contributed by atoms with Gasteiger partial charge in [-0.1, -0.05) is 23.9 Å². The van der Waals surface area contributed by atoms with Crippen LogP contribution < -0.4 is 10.9 Å². The average molecular weight is 468 g/mol. The summed E-state index contributed by atoms with van der Waals surface area (Å²) in [5, 5.41) is 4.29. The summed E-state index contributed by atoms with van der Waals surface area (Å²) in [5.74, 6) is 1.15. The minimum Gasteiger partial charge on any atom is -0.467 e. The number of fused-ring (bicyclic) bond motifs is 1. The molecule has 4 aromatic rings. The van der Waals surface area contributed by atoms with Gasteiger partial charge in [-0.25, -0.2) is 4.98 Å². The first-order valence-electron chi connectivity index (χ1n) is 10.4. The number of rotatable bonds is 7. The lowest BCUT2D eigenvalue weighted by Gasteiger charge is -2.15. The number of hydrogen-bond acceptors (Lipinski definition) is 6. The molecule has 4 rings (SSSR count). The maximum atomic E-state index is 13.2. The summed E-state index contributed by atoms with van der Waals surface area (Å²) in [4.78, 5) is 32.5. The highest BCUT2D eigenvalue weighted by Crippen LogP contribution is 2.30. The van der Waals surface area contributed by atoms with Gasteiger partial charge < -0.3 is 9.73 Å². The third-order valence-corrected chi connectivity index (χ3v) is 7.40. The Hall–Kier alpha value is -2.84. The van der Waals surface area contributed by atoms with Gasteiger partial charge in [0.25, 0.3) is 11.5 Å². The minimum absolute atomic E-state index is 0.000203. The Kier molecular flexibility index (Phi) is 6.53. The van der Waals surface area contributed by atoms with Gasteiger partial charge >= 0.3 is 0 Å². The smallest absolute Gasteiger partial charge is 0.263 e. The van der Waals surface area contributed by atoms with Crippen LogP contribution in [0, 0.1) is 13.8 Å². The number of thioether (sulfide) groups is 1. The highest BCUT2D eigenvalue weighted by Gasteiger charge is 2.18. The fraction of sp³-hybridized carbons (Fsp3) is 0.292. The molecule has 1 N–H and O–H groups in total. The van der Waals surface area contributed by atoms with E-state index in [9.17, 15) is 9.59 Å². The van der Waals surface area contributed by atoms with Gasteiger partial charge in [-0.05, 0) is 63.1 Å². The molecule has 1 amide bonds. The van der Waals surface area contributed by atoms with Gasteiger partial charge in [0.2, 0.25) is 0 Å². The van der Waals surface area contributed by atoms with Crippen LogP contribution in [0.3, 0.4) is 0 Å². The Balaban J connectivity index is 1.54. The van der Waals surface area contributed by atoms with E-state index in [4.69, 9.17) is 9.40 Å². The van der Waals surface area contributed by atoms with Gasteiger partial charge in [-0.15, -0.1) is 11.3 Å². The standard InChI is InChI=1S/C24H25N3O3S2/c1-14(2)27-23(29)20-15(3)16(4)32-22(20)26-24(27)31-13-17-7-5-8-18(11-17)21(28)25-12-19-9-6-10-30-19/h5-11,14H,12-13H2,1-4H3,(H,25,28). The number of amides is 1. The molecule has 0 aliphatic rings. The lowest BCUT2D eigenvalue weighted by Crippen LogP contribution is -2.25. The predicted molar refractivity (Wildman–Crippen MR) is 130 cm³/mol. The van der Waals surface area contributed by atoms with Gasteiger partial charge in [-0.3, -0.25) is 14.2 Å². The largest absolute Gasteiger partial charge is 0.467 e. The number of aromatic nitrogens is 2. The quantitative estimate of drug-likeness (QED) is 0.288. The van der Waals surface area contributed by atoms with Crippen molar-refractivity contribution in [3.8, 4) is 0 Å². The molecule has 0 aliphatic heterocycles. The first kappa shape index (κ1) is 22.4. The summed E-state index contributed by atoms with van der Waals surface area (Å²) in [6.45, 7) is 8.34. The zero-order valence-electron chi connectivity index (χ0n) is 18.5. The summed E-state index contributed by atoms with van der Waals surface area (Å²) in [6.07, 6.45) is 1.58. The second-order valence-corrected chi connectivity index (χ2v) is 10.0. The van der Waals surface area contributed by atoms with Crippen LogP contribution in [0.1, 0.15) is 52.0 Å². The molecule has 0 fully saturated rings. The summed E-state index contributed by atoms with van der Waals surface area (Å²) in [5.41, 5.74) is 2.61. The zero-order chi connectivity index (χ0) is 22.8. The molecule has 1 aromatic carbocycles. The Morgan fingerprint density at radius 1 is 1.25 bits per heavy atom. The van der Waals surface area contributed by atoms with Crippen molar-refractivity contribution in [2.24, 2.45) is 0 Å². The van der Waals surface area contributed by atoms with Crippen LogP contribution >= 0.6 is 23.1 Å². The molecule has 8 heteroatoms. The van der Waals surface area contributed by atoms with E-state index in [0.29, 0.717) is 28.8 Å². The molecule has 3 heterocycles. The predicted octanol–water partition coefficient (Wildman–Crippen LogP) is 5.47. The number of thiophene rings is 1. The van der Waals surface area contributed by atoms with Crippen molar-refractivity contribution in [2.75, 3.05) is 0 Å². The lowest BCUT2D eigenvalue weighted by molar-refractivity contribution is 0.0948. The van der Waals surface area contributed by atoms with Crippen molar-refractivity contribution in [1.82, 2.24) is 14.9 Å². The maximum absolute atomic E-state index is 13.2. The highest BCUT2D eigenvalue weighted by molar-refractivity contribution is 7.98. The molecule has 0 saturated carbocycles. The molecule has 6 nitrogen and oxygen atoms in total. The van der Waals surface area contributed by atoms with Crippen molar-refractivity contribution in [2.45, 2.75) is 51.2 Å². The van der Waals surface area contributed by atoms with Crippen LogP contribution in [0.25, 0.3) is 10.2 Å². The Labute approximate surface area is 194 Å². The molecular formula is C24H25N3O3S2. The fourth-order valence-electron chi connectivity index (χ4n) is 3.48. The van der Waals surface area contributed by atoms with Crippen molar-refractivity contribution in [1.29, 1.82) is 0 Å². The van der Waals surface area contributed by atoms with Gasteiger partial charge in [0.15, 0.2) is 5.16 Å². The van der Waals surface area contributed by atoms with Crippen LogP contribution in [-0.4, -0.2) is 15.5 Å². The molecule has 0 spiro atoms. The number of hydrogen-bond donors (Lipinski definition) is 1. The molecular weight excluding hydrogens is 442 g/mol. The van der Waals surface area contributed by atoms with Crippen molar-refractivity contribution in [3.63, 3.8) is 0 Å². The monoisotopic (exact) mass is 467 g/mol. The number of nitrogens with one attached hydrogen (secondary N) is 1. The third-order valence-electron chi connectivity index (χ3n) is 5.28. The SMILES string of the molecule is Cc1sc2nc(SCc3cccc(C(=O)NCc4ccco4)c3)n(C(C)C)c(=O)c2c1C. The molecule has 0 unspecified atom stereocenters. The van der Waals surface area contributed by atoms with E-state index in [1.807, 2.05) is 52.0 Å². The number of nitrogens with zero attached hydrogens (tertiary/aromatic N) is 2. The molecule has 0 atom stereocenters. The van der Waals surface area contributed by atoms with Crippen LogP contribution in [0.4, 0.5) is 0 Å². The first-order chi connectivity index (χ1) is 15.3. The van der Waals surface area contributed by atoms with Gasteiger partial charge in [0, 0.05) is 22.2 Å². The summed E-state index contributed by atoms with van der Waals surface area (Å²) in [7, 11) is 0. The summed E-state index contributed by atoms with van der Waals surface area (Å²) in [6, 6.07) is 11.1. The average Bonchev–Trinajstić information content (AvgIpc) is 3.38. The number of aryl methyl sites for hydroxylation is 2. The third kappa shape index (κ3) is 4.52. The van der Waals surface area contributed by atoms with E-state index in [0.717, 1.165) is 26.2 Å². The van der Waals surface area contributed by atoms with E-state index < -0.39 is 0 Å². The Morgan fingerprint density at radius 3 is 2.78 bits per heavy atom. The zero-order valence-corrected chi connectivity index (χ0v) is 20.1. The maximum Gasteiger partial charge on any atom is 0.263 e. The van der Waals surface area contributed by atoms with E-state index in [1.165, 1.54) is 11.8 Å². The topological polar surface area (TPSA) is 77.1 Å². The van der Waals surface area contributed by atoms with E-state index >= 15 is 0 Å². The Morgan fingerprint density at radius 2 is 2.06 bits per heavy atom. The number of benzene rings is 1. The van der Waals surface area contributed by atoms with Crippen molar-refractivity contribution in [3.05, 3.63) is 80.3 Å². The van der Waals surface area contributed by atoms with E-state index in [1.54, 1.807) is 34.3 Å². The van der Waals surface area contributed by atoms with Crippen LogP contribution in [0.5, 0.6) is 0 Å². The number of carbonyl (C=O) groups excluding carboxylic acids is 1. The summed E-state index contributed by atoms with van der Waals surface area (Å²) >= 11 is 3.08. The molecule has 0 aliphatic carbocycles.